The van der Waals surface area contributed by atoms with Crippen LogP contribution in [-0.2, 0) is 0 Å². The van der Waals surface area contributed by atoms with E-state index in [0.29, 0.717) is 11.4 Å². The number of likely N-dealkylation sites (N-methyl/N-ethyl adjacent to an activating group) is 1. The number of rotatable bonds is 4. The lowest BCUT2D eigenvalue weighted by atomic mass is 10.3. The zero-order valence-electron chi connectivity index (χ0n) is 10.6. The average molecular weight is 246 g/mol. The zero-order chi connectivity index (χ0) is 12.8. The van der Waals surface area contributed by atoms with Crippen molar-refractivity contribution in [2.75, 3.05) is 51.6 Å². The number of aromatic nitrogens is 2. The molecule has 1 aromatic heterocycles. The number of piperazine rings is 1. The van der Waals surface area contributed by atoms with Gasteiger partial charge in [0.1, 0.15) is 6.07 Å². The van der Waals surface area contributed by atoms with E-state index in [9.17, 15) is 0 Å². The van der Waals surface area contributed by atoms with Gasteiger partial charge in [0.25, 0.3) is 0 Å². The maximum absolute atomic E-state index is 8.92. The number of hydrogen-bond donors (Lipinski definition) is 1. The van der Waals surface area contributed by atoms with Crippen LogP contribution in [0.4, 0.5) is 5.82 Å². The largest absolute Gasteiger partial charge is 0.366 e. The molecule has 1 aliphatic heterocycles. The van der Waals surface area contributed by atoms with Crippen LogP contribution in [0.25, 0.3) is 0 Å². The van der Waals surface area contributed by atoms with Gasteiger partial charge in [-0.25, -0.2) is 0 Å². The quantitative estimate of drug-likeness (QED) is 0.807. The van der Waals surface area contributed by atoms with Crippen LogP contribution < -0.4 is 5.32 Å². The van der Waals surface area contributed by atoms with E-state index in [0.717, 1.165) is 39.3 Å². The van der Waals surface area contributed by atoms with Gasteiger partial charge in [-0.1, -0.05) is 0 Å². The average Bonchev–Trinajstić information content (AvgIpc) is 2.41. The third-order valence-electron chi connectivity index (χ3n) is 3.16. The Morgan fingerprint density at radius 2 is 2.17 bits per heavy atom. The van der Waals surface area contributed by atoms with Gasteiger partial charge in [-0.3, -0.25) is 4.90 Å². The standard InChI is InChI=1S/C12H18N6/c1-17-6-8-18(9-7-17)5-4-14-12-11(10-13)2-3-15-16-12/h2-3H,4-9H2,1H3,(H,14,16). The summed E-state index contributed by atoms with van der Waals surface area (Å²) < 4.78 is 0. The van der Waals surface area contributed by atoms with E-state index in [-0.39, 0.29) is 0 Å². The SMILES string of the molecule is CN1CCN(CCNc2nnccc2C#N)CC1. The Kier molecular flexibility index (Phi) is 4.45. The van der Waals surface area contributed by atoms with Crippen LogP contribution in [0.1, 0.15) is 5.56 Å². The minimum absolute atomic E-state index is 0.545. The minimum Gasteiger partial charge on any atom is -0.366 e. The number of nitrogens with one attached hydrogen (secondary N) is 1. The molecule has 0 bridgehead atoms. The first-order valence-electron chi connectivity index (χ1n) is 6.16. The van der Waals surface area contributed by atoms with Crippen LogP contribution in [0.2, 0.25) is 0 Å². The molecule has 0 atom stereocenters. The second-order valence-corrected chi connectivity index (χ2v) is 4.48. The summed E-state index contributed by atoms with van der Waals surface area (Å²) in [5.41, 5.74) is 0.545. The fourth-order valence-corrected chi connectivity index (χ4v) is 1.96. The lowest BCUT2D eigenvalue weighted by molar-refractivity contribution is 0.158. The Labute approximate surface area is 107 Å². The summed E-state index contributed by atoms with van der Waals surface area (Å²) in [7, 11) is 2.15. The van der Waals surface area contributed by atoms with Gasteiger partial charge in [-0.05, 0) is 13.1 Å². The summed E-state index contributed by atoms with van der Waals surface area (Å²) in [4.78, 5) is 4.75. The normalized spacial score (nSPS) is 17.3. The zero-order valence-corrected chi connectivity index (χ0v) is 10.6. The highest BCUT2D eigenvalue weighted by Gasteiger charge is 2.13. The summed E-state index contributed by atoms with van der Waals surface area (Å²) in [5, 5.41) is 19.8. The fourth-order valence-electron chi connectivity index (χ4n) is 1.96. The third kappa shape index (κ3) is 3.39. The molecule has 6 heteroatoms. The van der Waals surface area contributed by atoms with Gasteiger partial charge >= 0.3 is 0 Å². The lowest BCUT2D eigenvalue weighted by Crippen LogP contribution is -2.45. The Hall–Kier alpha value is -1.71. The predicted molar refractivity (Wildman–Crippen MR) is 69.2 cm³/mol. The topological polar surface area (TPSA) is 68.1 Å². The van der Waals surface area contributed by atoms with E-state index in [4.69, 9.17) is 5.26 Å². The summed E-state index contributed by atoms with van der Waals surface area (Å²) >= 11 is 0. The van der Waals surface area contributed by atoms with Crippen LogP contribution in [-0.4, -0.2) is 66.3 Å². The van der Waals surface area contributed by atoms with E-state index in [1.165, 1.54) is 6.20 Å². The lowest BCUT2D eigenvalue weighted by Gasteiger charge is -2.32. The van der Waals surface area contributed by atoms with Crippen molar-refractivity contribution in [1.29, 1.82) is 5.26 Å². The van der Waals surface area contributed by atoms with E-state index in [2.05, 4.69) is 38.4 Å². The van der Waals surface area contributed by atoms with Gasteiger partial charge in [-0.15, -0.1) is 5.10 Å². The van der Waals surface area contributed by atoms with E-state index in [1.54, 1.807) is 6.07 Å². The predicted octanol–water partition coefficient (Wildman–Crippen LogP) is 0.00758. The molecule has 1 saturated heterocycles. The summed E-state index contributed by atoms with van der Waals surface area (Å²) in [5.74, 6) is 0.578. The highest BCUT2D eigenvalue weighted by Crippen LogP contribution is 2.07. The number of nitriles is 1. The second kappa shape index (κ2) is 6.28. The molecule has 1 aliphatic rings. The maximum atomic E-state index is 8.92. The number of hydrogen-bond acceptors (Lipinski definition) is 6. The molecule has 0 aromatic carbocycles. The Bertz CT molecular complexity index is 419. The van der Waals surface area contributed by atoms with Gasteiger partial charge in [0.15, 0.2) is 5.82 Å². The second-order valence-electron chi connectivity index (χ2n) is 4.48. The van der Waals surface area contributed by atoms with E-state index >= 15 is 0 Å². The van der Waals surface area contributed by atoms with Crippen LogP contribution in [0.5, 0.6) is 0 Å². The smallest absolute Gasteiger partial charge is 0.166 e. The molecule has 1 aromatic rings. The molecule has 2 rings (SSSR count). The first kappa shape index (κ1) is 12.7. The molecule has 0 unspecified atom stereocenters. The van der Waals surface area contributed by atoms with Gasteiger partial charge in [-0.2, -0.15) is 10.4 Å². The minimum atomic E-state index is 0.545. The molecule has 0 spiro atoms. The molecular weight excluding hydrogens is 228 g/mol. The molecule has 0 amide bonds. The fraction of sp³-hybridized carbons (Fsp3) is 0.583. The molecule has 1 N–H and O–H groups in total. The number of anilines is 1. The summed E-state index contributed by atoms with van der Waals surface area (Å²) in [6.07, 6.45) is 1.53. The molecule has 0 aliphatic carbocycles. The molecule has 0 saturated carbocycles. The monoisotopic (exact) mass is 246 g/mol. The highest BCUT2D eigenvalue weighted by molar-refractivity contribution is 5.49. The van der Waals surface area contributed by atoms with Crippen LogP contribution >= 0.6 is 0 Å². The van der Waals surface area contributed by atoms with E-state index < -0.39 is 0 Å². The van der Waals surface area contributed by atoms with Gasteiger partial charge in [0, 0.05) is 39.3 Å². The Morgan fingerprint density at radius 3 is 2.89 bits per heavy atom. The van der Waals surface area contributed by atoms with Crippen molar-refractivity contribution in [2.24, 2.45) is 0 Å². The van der Waals surface area contributed by atoms with Gasteiger partial charge < -0.3 is 10.2 Å². The maximum Gasteiger partial charge on any atom is 0.166 e. The Balaban J connectivity index is 1.77. The van der Waals surface area contributed by atoms with E-state index in [1.807, 2.05) is 0 Å². The first-order chi connectivity index (χ1) is 8.79. The molecular formula is C12H18N6. The van der Waals surface area contributed by atoms with Crippen molar-refractivity contribution >= 4 is 5.82 Å². The molecule has 96 valence electrons. The van der Waals surface area contributed by atoms with Crippen LogP contribution in [0.3, 0.4) is 0 Å². The molecule has 0 radical (unpaired) electrons. The van der Waals surface area contributed by atoms with Crippen LogP contribution in [0.15, 0.2) is 12.3 Å². The van der Waals surface area contributed by atoms with Crippen molar-refractivity contribution in [3.05, 3.63) is 17.8 Å². The van der Waals surface area contributed by atoms with Crippen molar-refractivity contribution in [2.45, 2.75) is 0 Å². The molecule has 18 heavy (non-hydrogen) atoms. The highest BCUT2D eigenvalue weighted by atomic mass is 15.3. The first-order valence-corrected chi connectivity index (χ1v) is 6.16. The molecule has 2 heterocycles. The third-order valence-corrected chi connectivity index (χ3v) is 3.16. The summed E-state index contributed by atoms with van der Waals surface area (Å²) in [6.45, 7) is 6.20. The molecule has 6 nitrogen and oxygen atoms in total. The number of nitrogens with zero attached hydrogens (tertiary/aromatic N) is 5. The van der Waals surface area contributed by atoms with Crippen molar-refractivity contribution in [3.63, 3.8) is 0 Å². The van der Waals surface area contributed by atoms with Crippen molar-refractivity contribution < 1.29 is 0 Å². The van der Waals surface area contributed by atoms with Crippen LogP contribution in [0, 0.1) is 11.3 Å². The van der Waals surface area contributed by atoms with Crippen molar-refractivity contribution in [3.8, 4) is 6.07 Å². The Morgan fingerprint density at radius 1 is 1.39 bits per heavy atom. The van der Waals surface area contributed by atoms with Crippen molar-refractivity contribution in [1.82, 2.24) is 20.0 Å². The molecule has 1 fully saturated rings. The van der Waals surface area contributed by atoms with Gasteiger partial charge in [0.05, 0.1) is 11.8 Å². The summed E-state index contributed by atoms with van der Waals surface area (Å²) in [6, 6.07) is 3.78. The van der Waals surface area contributed by atoms with Gasteiger partial charge in [0.2, 0.25) is 0 Å².